The first-order valence-electron chi connectivity index (χ1n) is 11.8. The van der Waals surface area contributed by atoms with Crippen LogP contribution in [0.1, 0.15) is 45.2 Å². The number of benzene rings is 2. The highest BCUT2D eigenvalue weighted by Gasteiger charge is 2.24. The molecule has 2 aromatic carbocycles. The zero-order chi connectivity index (χ0) is 26.6. The summed E-state index contributed by atoms with van der Waals surface area (Å²) in [5.41, 5.74) is 1.84. The number of ether oxygens (including phenoxy) is 1. The van der Waals surface area contributed by atoms with Crippen molar-refractivity contribution in [1.29, 1.82) is 0 Å². The second kappa shape index (κ2) is 10.8. The zero-order valence-electron chi connectivity index (χ0n) is 21.1. The lowest BCUT2D eigenvalue weighted by molar-refractivity contribution is 0.473. The van der Waals surface area contributed by atoms with Gasteiger partial charge in [-0.05, 0) is 47.2 Å². The van der Waals surface area contributed by atoms with E-state index in [1.807, 2.05) is 18.2 Å². The molecule has 37 heavy (non-hydrogen) atoms. The van der Waals surface area contributed by atoms with Crippen molar-refractivity contribution in [2.75, 3.05) is 4.72 Å². The van der Waals surface area contributed by atoms with Crippen LogP contribution in [0.2, 0.25) is 5.15 Å². The number of halogens is 1. The molecule has 4 aromatic rings. The number of hydrogen-bond donors (Lipinski definition) is 1. The van der Waals surface area contributed by atoms with E-state index in [0.717, 1.165) is 24.0 Å². The Morgan fingerprint density at radius 1 is 0.919 bits per heavy atom. The Labute approximate surface area is 222 Å². The Bertz CT molecular complexity index is 1490. The first-order valence-corrected chi connectivity index (χ1v) is 13.7. The molecule has 0 saturated heterocycles. The maximum absolute atomic E-state index is 13.4. The van der Waals surface area contributed by atoms with E-state index in [1.54, 1.807) is 36.4 Å². The van der Waals surface area contributed by atoms with E-state index in [2.05, 4.69) is 52.4 Å². The van der Waals surface area contributed by atoms with Crippen LogP contribution in [0.3, 0.4) is 0 Å². The van der Waals surface area contributed by atoms with Crippen LogP contribution in [0.4, 0.5) is 5.82 Å². The van der Waals surface area contributed by atoms with E-state index in [0.29, 0.717) is 5.75 Å². The summed E-state index contributed by atoms with van der Waals surface area (Å²) in [5, 5.41) is -0.0791. The van der Waals surface area contributed by atoms with E-state index < -0.39 is 10.0 Å². The summed E-state index contributed by atoms with van der Waals surface area (Å²) in [5.74, 6) is 0.653. The van der Waals surface area contributed by atoms with Crippen LogP contribution in [0.5, 0.6) is 11.5 Å². The number of nitrogens with one attached hydrogen (secondary N) is 1. The zero-order valence-corrected chi connectivity index (χ0v) is 22.6. The molecule has 10 heteroatoms. The Morgan fingerprint density at radius 2 is 1.59 bits per heavy atom. The minimum atomic E-state index is -4.05. The van der Waals surface area contributed by atoms with Gasteiger partial charge < -0.3 is 4.74 Å². The number of para-hydroxylation sites is 1. The molecule has 0 aliphatic carbocycles. The third kappa shape index (κ3) is 6.23. The smallest absolute Gasteiger partial charge is 0.263 e. The van der Waals surface area contributed by atoms with Crippen molar-refractivity contribution in [3.8, 4) is 23.1 Å². The molecule has 0 amide bonds. The summed E-state index contributed by atoms with van der Waals surface area (Å²) in [6.07, 6.45) is 4.74. The summed E-state index contributed by atoms with van der Waals surface area (Å²) in [6.45, 7) is 8.24. The molecule has 8 nitrogen and oxygen atoms in total. The van der Waals surface area contributed by atoms with Gasteiger partial charge >= 0.3 is 0 Å². The number of sulfonamides is 1. The molecule has 192 valence electrons. The molecule has 0 radical (unpaired) electrons. The highest BCUT2D eigenvalue weighted by Crippen LogP contribution is 2.38. The lowest BCUT2D eigenvalue weighted by atomic mass is 9.87. The Kier molecular flexibility index (Phi) is 7.75. The second-order valence-corrected chi connectivity index (χ2v) is 11.5. The minimum absolute atomic E-state index is 0.0141. The van der Waals surface area contributed by atoms with Crippen molar-refractivity contribution >= 4 is 27.4 Å². The van der Waals surface area contributed by atoms with Crippen molar-refractivity contribution in [3.05, 3.63) is 83.3 Å². The summed E-state index contributed by atoms with van der Waals surface area (Å²) in [4.78, 5) is 17.1. The minimum Gasteiger partial charge on any atom is -0.450 e. The first kappa shape index (κ1) is 26.5. The van der Waals surface area contributed by atoms with Gasteiger partial charge in [-0.15, -0.1) is 0 Å². The van der Waals surface area contributed by atoms with Crippen LogP contribution in [0, 0.1) is 0 Å². The fourth-order valence-electron chi connectivity index (χ4n) is 3.61. The summed E-state index contributed by atoms with van der Waals surface area (Å²) < 4.78 is 35.5. The topological polar surface area (TPSA) is 107 Å². The average Bonchev–Trinajstić information content (AvgIpc) is 2.87. The highest BCUT2D eigenvalue weighted by atomic mass is 35.5. The Hall–Kier alpha value is -3.56. The number of hydrogen-bond acceptors (Lipinski definition) is 7. The highest BCUT2D eigenvalue weighted by molar-refractivity contribution is 7.92. The SMILES string of the molecule is CCCc1ccccc1Oc1c(Cl)nc(-c2ncccn2)nc1NS(=O)(=O)c1ccc(C(C)(C)C)cc1. The number of aromatic nitrogens is 4. The molecule has 0 bridgehead atoms. The molecule has 0 saturated carbocycles. The quantitative estimate of drug-likeness (QED) is 0.258. The van der Waals surface area contributed by atoms with Gasteiger partial charge in [-0.3, -0.25) is 4.72 Å². The van der Waals surface area contributed by atoms with Crippen LogP contribution in [-0.2, 0) is 21.9 Å². The third-order valence-electron chi connectivity index (χ3n) is 5.56. The summed E-state index contributed by atoms with van der Waals surface area (Å²) >= 11 is 6.54. The predicted molar refractivity (Wildman–Crippen MR) is 145 cm³/mol. The van der Waals surface area contributed by atoms with Crippen molar-refractivity contribution in [2.45, 2.75) is 50.8 Å². The second-order valence-electron chi connectivity index (χ2n) is 9.43. The van der Waals surface area contributed by atoms with Crippen LogP contribution >= 0.6 is 11.6 Å². The lowest BCUT2D eigenvalue weighted by Crippen LogP contribution is -2.17. The molecule has 0 atom stereocenters. The first-order chi connectivity index (χ1) is 17.6. The lowest BCUT2D eigenvalue weighted by Gasteiger charge is -2.19. The van der Waals surface area contributed by atoms with Gasteiger partial charge in [0.05, 0.1) is 4.90 Å². The third-order valence-corrected chi connectivity index (χ3v) is 7.17. The number of anilines is 1. The van der Waals surface area contributed by atoms with Gasteiger partial charge in [-0.1, -0.05) is 76.0 Å². The Balaban J connectivity index is 1.79. The van der Waals surface area contributed by atoms with Gasteiger partial charge in [-0.25, -0.2) is 28.4 Å². The van der Waals surface area contributed by atoms with Gasteiger partial charge in [0, 0.05) is 12.4 Å². The maximum atomic E-state index is 13.4. The van der Waals surface area contributed by atoms with Crippen LogP contribution < -0.4 is 9.46 Å². The van der Waals surface area contributed by atoms with E-state index in [4.69, 9.17) is 16.3 Å². The fourth-order valence-corrected chi connectivity index (χ4v) is 4.82. The molecule has 0 unspecified atom stereocenters. The number of rotatable bonds is 8. The molecule has 2 heterocycles. The maximum Gasteiger partial charge on any atom is 0.263 e. The van der Waals surface area contributed by atoms with Gasteiger partial charge in [-0.2, -0.15) is 0 Å². The van der Waals surface area contributed by atoms with Gasteiger partial charge in [0.15, 0.2) is 16.8 Å². The van der Waals surface area contributed by atoms with Gasteiger partial charge in [0.2, 0.25) is 11.6 Å². The number of aryl methyl sites for hydroxylation is 1. The van der Waals surface area contributed by atoms with Crippen LogP contribution in [0.25, 0.3) is 11.6 Å². The standard InChI is InChI=1S/C27H28ClN5O3S/c1-5-9-18-10-6-7-11-21(18)36-22-23(28)31-26(25-29-16-8-17-30-25)32-24(22)33-37(34,35)20-14-12-19(13-15-20)27(2,3)4/h6-8,10-17H,5,9H2,1-4H3,(H,31,32,33). The molecule has 0 aliphatic heterocycles. The predicted octanol–water partition coefficient (Wildman–Crippen LogP) is 6.43. The van der Waals surface area contributed by atoms with Crippen molar-refractivity contribution in [1.82, 2.24) is 19.9 Å². The largest absolute Gasteiger partial charge is 0.450 e. The monoisotopic (exact) mass is 537 g/mol. The van der Waals surface area contributed by atoms with E-state index in [1.165, 1.54) is 12.4 Å². The van der Waals surface area contributed by atoms with E-state index in [9.17, 15) is 8.42 Å². The molecule has 4 rings (SSSR count). The molecular formula is C27H28ClN5O3S. The van der Waals surface area contributed by atoms with Crippen LogP contribution in [-0.4, -0.2) is 28.4 Å². The normalized spacial score (nSPS) is 11.8. The summed E-state index contributed by atoms with van der Waals surface area (Å²) in [7, 11) is -4.05. The summed E-state index contributed by atoms with van der Waals surface area (Å²) in [6, 6.07) is 15.8. The molecule has 0 fully saturated rings. The molecule has 2 aromatic heterocycles. The molecule has 0 spiro atoms. The molecular weight excluding hydrogens is 510 g/mol. The fraction of sp³-hybridized carbons (Fsp3) is 0.259. The average molecular weight is 538 g/mol. The van der Waals surface area contributed by atoms with Crippen LogP contribution in [0.15, 0.2) is 71.9 Å². The van der Waals surface area contributed by atoms with Crippen molar-refractivity contribution in [3.63, 3.8) is 0 Å². The molecule has 0 aliphatic rings. The van der Waals surface area contributed by atoms with E-state index >= 15 is 0 Å². The number of nitrogens with zero attached hydrogens (tertiary/aromatic N) is 4. The van der Waals surface area contributed by atoms with Crippen molar-refractivity contribution in [2.24, 2.45) is 0 Å². The van der Waals surface area contributed by atoms with Gasteiger partial charge in [0.25, 0.3) is 10.0 Å². The molecule has 1 N–H and O–H groups in total. The van der Waals surface area contributed by atoms with Crippen molar-refractivity contribution < 1.29 is 13.2 Å². The Morgan fingerprint density at radius 3 is 2.24 bits per heavy atom. The van der Waals surface area contributed by atoms with Gasteiger partial charge in [0.1, 0.15) is 5.75 Å². The van der Waals surface area contributed by atoms with E-state index in [-0.39, 0.29) is 38.7 Å².